The van der Waals surface area contributed by atoms with E-state index in [0.717, 1.165) is 48.3 Å². The van der Waals surface area contributed by atoms with Crippen LogP contribution in [-0.2, 0) is 10.2 Å². The number of aliphatic hydroxyl groups is 1. The first-order valence-electron chi connectivity index (χ1n) is 14.0. The van der Waals surface area contributed by atoms with Crippen LogP contribution in [0.4, 0.5) is 10.6 Å². The molecule has 9 heteroatoms. The number of anilines is 1. The van der Waals surface area contributed by atoms with E-state index in [9.17, 15) is 9.90 Å². The Morgan fingerprint density at radius 1 is 1.10 bits per heavy atom. The van der Waals surface area contributed by atoms with Crippen LogP contribution in [0.15, 0.2) is 54.6 Å². The Morgan fingerprint density at radius 2 is 1.77 bits per heavy atom. The Balaban J connectivity index is 1.39. The third kappa shape index (κ3) is 5.46. The maximum Gasteiger partial charge on any atom is 0.320 e. The zero-order chi connectivity index (χ0) is 28.4. The van der Waals surface area contributed by atoms with E-state index in [-0.39, 0.29) is 0 Å². The smallest absolute Gasteiger partial charge is 0.320 e. The number of carbonyl (C=O) groups is 1. The van der Waals surface area contributed by atoms with Gasteiger partial charge in [0, 0.05) is 12.5 Å². The molecule has 1 aromatic heterocycles. The average molecular weight is 548 g/mol. The van der Waals surface area contributed by atoms with Gasteiger partial charge in [-0.3, -0.25) is 5.32 Å². The number of benzene rings is 2. The number of hydrogen-bond donors (Lipinski definition) is 3. The molecule has 214 valence electrons. The zero-order valence-electron chi connectivity index (χ0n) is 24.1. The van der Waals surface area contributed by atoms with Crippen LogP contribution in [0.3, 0.4) is 0 Å². The van der Waals surface area contributed by atoms with Crippen molar-refractivity contribution in [2.45, 2.75) is 57.3 Å². The summed E-state index contributed by atoms with van der Waals surface area (Å²) in [4.78, 5) is 15.8. The van der Waals surface area contributed by atoms with Crippen LogP contribution in [0.25, 0.3) is 5.69 Å². The van der Waals surface area contributed by atoms with E-state index >= 15 is 0 Å². The molecule has 0 radical (unpaired) electrons. The molecule has 2 aliphatic rings. The molecule has 1 aliphatic carbocycles. The highest BCUT2D eigenvalue weighted by atomic mass is 16.5. The fourth-order valence-corrected chi connectivity index (χ4v) is 6.12. The lowest BCUT2D eigenvalue weighted by atomic mass is 9.67. The molecule has 0 spiro atoms. The molecule has 40 heavy (non-hydrogen) atoms. The number of aliphatic hydroxyl groups excluding tert-OH is 1. The van der Waals surface area contributed by atoms with Crippen LogP contribution in [0, 0.1) is 12.8 Å². The summed E-state index contributed by atoms with van der Waals surface area (Å²) >= 11 is 0. The van der Waals surface area contributed by atoms with Crippen LogP contribution < -0.4 is 15.4 Å². The number of ether oxygens (including phenoxy) is 2. The number of carbonyl (C=O) groups excluding carboxylic acids is 1. The first-order chi connectivity index (χ1) is 19.2. The van der Waals surface area contributed by atoms with Gasteiger partial charge >= 0.3 is 6.03 Å². The summed E-state index contributed by atoms with van der Waals surface area (Å²) in [5, 5.41) is 22.1. The van der Waals surface area contributed by atoms with Crippen molar-refractivity contribution in [2.24, 2.45) is 5.92 Å². The number of likely N-dealkylation sites (tertiary alicyclic amines) is 1. The summed E-state index contributed by atoms with van der Waals surface area (Å²) in [6.45, 7) is 8.72. The monoisotopic (exact) mass is 547 g/mol. The number of para-hydroxylation sites is 1. The highest BCUT2D eigenvalue weighted by Crippen LogP contribution is 2.43. The molecule has 9 nitrogen and oxygen atoms in total. The van der Waals surface area contributed by atoms with Crippen LogP contribution in [-0.4, -0.2) is 71.9 Å². The topological polar surface area (TPSA) is 101 Å². The summed E-state index contributed by atoms with van der Waals surface area (Å²) < 4.78 is 13.7. The van der Waals surface area contributed by atoms with E-state index in [1.807, 2.05) is 75.4 Å². The van der Waals surface area contributed by atoms with Gasteiger partial charge in [-0.15, -0.1) is 5.10 Å². The highest BCUT2D eigenvalue weighted by molar-refractivity contribution is 5.90. The van der Waals surface area contributed by atoms with Crippen molar-refractivity contribution in [3.8, 4) is 11.6 Å². The van der Waals surface area contributed by atoms with Crippen molar-refractivity contribution in [3.63, 3.8) is 0 Å². The molecule has 5 rings (SSSR count). The minimum Gasteiger partial charge on any atom is -0.476 e. The maximum atomic E-state index is 13.5. The van der Waals surface area contributed by atoms with Gasteiger partial charge in [-0.2, -0.15) is 0 Å². The van der Waals surface area contributed by atoms with Crippen molar-refractivity contribution in [2.75, 3.05) is 39.2 Å². The number of fused-ring (bicyclic) bond motifs is 1. The maximum absolute atomic E-state index is 13.5. The summed E-state index contributed by atoms with van der Waals surface area (Å²) in [7, 11) is 3.74. The number of nitrogens with one attached hydrogen (secondary N) is 2. The fraction of sp³-hybridized carbons (Fsp3) is 0.484. The molecule has 3 atom stereocenters. The Bertz CT molecular complexity index is 1320. The van der Waals surface area contributed by atoms with Gasteiger partial charge in [-0.05, 0) is 69.1 Å². The molecule has 2 amide bonds. The molecule has 1 fully saturated rings. The van der Waals surface area contributed by atoms with E-state index in [1.54, 1.807) is 11.8 Å². The van der Waals surface area contributed by atoms with Crippen LogP contribution >= 0.6 is 0 Å². The molecule has 1 saturated heterocycles. The normalized spacial score (nSPS) is 22.9. The van der Waals surface area contributed by atoms with E-state index in [0.29, 0.717) is 24.2 Å². The van der Waals surface area contributed by atoms with Gasteiger partial charge in [0.15, 0.2) is 0 Å². The van der Waals surface area contributed by atoms with Crippen molar-refractivity contribution in [1.82, 2.24) is 20.0 Å². The molecule has 1 aliphatic heterocycles. The summed E-state index contributed by atoms with van der Waals surface area (Å²) in [6, 6.07) is 16.4. The second-order valence-corrected chi connectivity index (χ2v) is 11.6. The van der Waals surface area contributed by atoms with E-state index in [4.69, 9.17) is 14.6 Å². The van der Waals surface area contributed by atoms with Crippen LogP contribution in [0.2, 0.25) is 0 Å². The number of amides is 2. The molecule has 0 saturated carbocycles. The van der Waals surface area contributed by atoms with Crippen LogP contribution in [0.5, 0.6) is 5.88 Å². The lowest BCUT2D eigenvalue weighted by Crippen LogP contribution is -2.55. The lowest BCUT2D eigenvalue weighted by Gasteiger charge is -2.46. The number of rotatable bonds is 7. The predicted octanol–water partition coefficient (Wildman–Crippen LogP) is 4.43. The Hall–Kier alpha value is -3.40. The van der Waals surface area contributed by atoms with E-state index in [1.165, 1.54) is 0 Å². The molecule has 3 unspecified atom stereocenters. The highest BCUT2D eigenvalue weighted by Gasteiger charge is 2.47. The van der Waals surface area contributed by atoms with Crippen molar-refractivity contribution in [3.05, 3.63) is 71.3 Å². The van der Waals surface area contributed by atoms with Crippen molar-refractivity contribution < 1.29 is 19.4 Å². The van der Waals surface area contributed by atoms with Gasteiger partial charge in [0.2, 0.25) is 5.88 Å². The van der Waals surface area contributed by atoms with Crippen molar-refractivity contribution >= 4 is 11.8 Å². The van der Waals surface area contributed by atoms with Gasteiger partial charge in [0.1, 0.15) is 11.9 Å². The minimum absolute atomic E-state index is 0.429. The minimum atomic E-state index is -0.936. The summed E-state index contributed by atoms with van der Waals surface area (Å²) in [6.07, 6.45) is 0.748. The first kappa shape index (κ1) is 28.1. The van der Waals surface area contributed by atoms with Gasteiger partial charge in [-0.1, -0.05) is 56.3 Å². The quantitative estimate of drug-likeness (QED) is 0.405. The molecule has 2 heterocycles. The number of piperidine rings is 1. The van der Waals surface area contributed by atoms with Gasteiger partial charge in [-0.25, -0.2) is 9.48 Å². The van der Waals surface area contributed by atoms with Crippen LogP contribution in [0.1, 0.15) is 49.4 Å². The Labute approximate surface area is 236 Å². The van der Waals surface area contributed by atoms with E-state index < -0.39 is 29.7 Å². The number of nitrogens with zero attached hydrogens (tertiary/aromatic N) is 3. The predicted molar refractivity (Wildman–Crippen MR) is 155 cm³/mol. The van der Waals surface area contributed by atoms with Gasteiger partial charge < -0.3 is 24.8 Å². The molecule has 3 aromatic rings. The molecule has 2 aromatic carbocycles. The zero-order valence-corrected chi connectivity index (χ0v) is 24.1. The fourth-order valence-electron chi connectivity index (χ4n) is 6.12. The molecule has 0 bridgehead atoms. The first-order valence-corrected chi connectivity index (χ1v) is 14.0. The third-order valence-corrected chi connectivity index (χ3v) is 8.50. The summed E-state index contributed by atoms with van der Waals surface area (Å²) in [5.41, 5.74) is 3.03. The summed E-state index contributed by atoms with van der Waals surface area (Å²) in [5.74, 6) is 1.50. The number of urea groups is 1. The average Bonchev–Trinajstić information content (AvgIpc) is 3.26. The molecule has 3 N–H and O–H groups in total. The third-order valence-electron chi connectivity index (χ3n) is 8.50. The molecular formula is C31H41N5O4. The SMILES string of the molecule is COC1C(O)C(NC(=O)Nc2c(C)c(OCC3CCN(C)CC3)nn2-c2ccccc2)c2ccccc2C1(C)C. The van der Waals surface area contributed by atoms with Crippen molar-refractivity contribution in [1.29, 1.82) is 0 Å². The number of methoxy groups -OCH3 is 1. The second kappa shape index (κ2) is 11.6. The van der Waals surface area contributed by atoms with Gasteiger partial charge in [0.05, 0.1) is 30.0 Å². The Kier molecular flexibility index (Phi) is 8.16. The standard InChI is InChI=1S/C31H41N5O4/c1-20-28(33-30(38)32-25-23-13-9-10-14-24(23)31(2,3)27(39-5)26(25)37)36(22-11-7-6-8-12-22)34-29(20)40-19-21-15-17-35(4)18-16-21/h6-14,21,25-27,37H,15-19H2,1-5H3,(H2,32,33,38). The number of hydrogen-bond acceptors (Lipinski definition) is 6. The molecular weight excluding hydrogens is 506 g/mol. The number of aromatic nitrogens is 2. The Morgan fingerprint density at radius 3 is 2.48 bits per heavy atom. The lowest BCUT2D eigenvalue weighted by molar-refractivity contribution is -0.0730. The second-order valence-electron chi connectivity index (χ2n) is 11.6. The van der Waals surface area contributed by atoms with Gasteiger partial charge in [0.25, 0.3) is 0 Å². The largest absolute Gasteiger partial charge is 0.476 e. The van der Waals surface area contributed by atoms with E-state index in [2.05, 4.69) is 22.6 Å².